The zero-order valence-corrected chi connectivity index (χ0v) is 8.82. The molecule has 6 heteroatoms. The number of carbonyl (C=O) groups is 1. The molecular weight excluding hydrogens is 277 g/mol. The fourth-order valence-electron chi connectivity index (χ4n) is 1.01. The first kappa shape index (κ1) is 10.5. The number of aliphatic carboxylic acids is 1. The molecule has 0 bridgehead atoms. The van der Waals surface area contributed by atoms with Crippen molar-refractivity contribution in [3.8, 4) is 0 Å². The highest BCUT2D eigenvalue weighted by Crippen LogP contribution is 2.32. The molecule has 0 heterocycles. The van der Waals surface area contributed by atoms with E-state index in [1.165, 1.54) is 0 Å². The van der Waals surface area contributed by atoms with Crippen molar-refractivity contribution in [2.45, 2.75) is 12.6 Å². The van der Waals surface area contributed by atoms with Crippen molar-refractivity contribution in [3.63, 3.8) is 0 Å². The lowest BCUT2D eigenvalue weighted by molar-refractivity contribution is -0.138. The number of carboxylic acids is 1. The van der Waals surface area contributed by atoms with Gasteiger partial charge in [-0.15, -0.1) is 0 Å². The van der Waals surface area contributed by atoms with Crippen LogP contribution in [0, 0.1) is 0 Å². The molecule has 15 heavy (non-hydrogen) atoms. The Kier molecular flexibility index (Phi) is 2.95. The van der Waals surface area contributed by atoms with E-state index in [0.29, 0.717) is 6.07 Å². The van der Waals surface area contributed by atoms with Crippen LogP contribution in [0.1, 0.15) is 12.5 Å². The average Bonchev–Trinajstić information content (AvgIpc) is 2.10. The molecular formula is C9H6BrF3O2. The van der Waals surface area contributed by atoms with E-state index in [1.54, 1.807) is 0 Å². The Hall–Kier alpha value is -1.04. The van der Waals surface area contributed by atoms with E-state index in [1.807, 2.05) is 0 Å². The highest BCUT2D eigenvalue weighted by molar-refractivity contribution is 9.10. The van der Waals surface area contributed by atoms with Crippen molar-refractivity contribution in [1.29, 1.82) is 0 Å². The number of hydrogen-bond donors (Lipinski definition) is 1. The van der Waals surface area contributed by atoms with Gasteiger partial charge in [-0.3, -0.25) is 4.79 Å². The van der Waals surface area contributed by atoms with Gasteiger partial charge in [0.1, 0.15) is 0 Å². The molecule has 0 fully saturated rings. The van der Waals surface area contributed by atoms with Crippen LogP contribution < -0.4 is 0 Å². The minimum Gasteiger partial charge on any atom is -0.481 e. The maximum absolute atomic E-state index is 12.4. The molecule has 0 unspecified atom stereocenters. The standard InChI is InChI=1S/C9H6BrF3O2/c10-7-2-5(3-8(14)15)1-6(4-7)9(11,12)13/h1-2,4H,3H2,(H,14,15)/i2D. The van der Waals surface area contributed by atoms with Gasteiger partial charge in [-0.05, 0) is 23.7 Å². The number of carboxylic acid groups (broad SMARTS) is 1. The zero-order valence-electron chi connectivity index (χ0n) is 8.23. The second kappa shape index (κ2) is 4.22. The van der Waals surface area contributed by atoms with Crippen molar-refractivity contribution < 1.29 is 24.4 Å². The van der Waals surface area contributed by atoms with E-state index in [4.69, 9.17) is 6.48 Å². The topological polar surface area (TPSA) is 37.3 Å². The summed E-state index contributed by atoms with van der Waals surface area (Å²) >= 11 is 2.80. The number of alkyl halides is 3. The molecule has 0 saturated carbocycles. The molecule has 0 aliphatic carbocycles. The molecule has 82 valence electrons. The molecule has 0 atom stereocenters. The fourth-order valence-corrected chi connectivity index (χ4v) is 1.51. The molecule has 0 aromatic heterocycles. The van der Waals surface area contributed by atoms with Gasteiger partial charge in [0.05, 0.1) is 13.4 Å². The van der Waals surface area contributed by atoms with Crippen molar-refractivity contribution in [2.75, 3.05) is 0 Å². The molecule has 0 aliphatic heterocycles. The third kappa shape index (κ3) is 3.54. The summed E-state index contributed by atoms with van der Waals surface area (Å²) in [6, 6.07) is 1.20. The van der Waals surface area contributed by atoms with Crippen LogP contribution in [0.15, 0.2) is 22.6 Å². The smallest absolute Gasteiger partial charge is 0.416 e. The van der Waals surface area contributed by atoms with Crippen molar-refractivity contribution in [2.24, 2.45) is 0 Å². The Balaban J connectivity index is 3.27. The lowest BCUT2D eigenvalue weighted by Crippen LogP contribution is -2.07. The molecule has 0 spiro atoms. The lowest BCUT2D eigenvalue weighted by Gasteiger charge is -2.08. The van der Waals surface area contributed by atoms with Gasteiger partial charge in [-0.25, -0.2) is 0 Å². The van der Waals surface area contributed by atoms with Crippen LogP contribution in [0.2, 0.25) is 0 Å². The van der Waals surface area contributed by atoms with Gasteiger partial charge < -0.3 is 5.11 Å². The van der Waals surface area contributed by atoms with Crippen molar-refractivity contribution >= 4 is 21.9 Å². The second-order valence-corrected chi connectivity index (χ2v) is 3.66. The molecule has 0 saturated heterocycles. The number of rotatable bonds is 2. The largest absolute Gasteiger partial charge is 0.481 e. The second-order valence-electron chi connectivity index (χ2n) is 2.81. The summed E-state index contributed by atoms with van der Waals surface area (Å²) < 4.78 is 44.5. The first-order valence-corrected chi connectivity index (χ1v) is 4.59. The molecule has 0 radical (unpaired) electrons. The summed E-state index contributed by atoms with van der Waals surface area (Å²) in [6.45, 7) is 0. The summed E-state index contributed by atoms with van der Waals surface area (Å²) in [5, 5.41) is 8.50. The molecule has 1 aromatic carbocycles. The van der Waals surface area contributed by atoms with Crippen LogP contribution in [0.5, 0.6) is 0 Å². The van der Waals surface area contributed by atoms with E-state index in [2.05, 4.69) is 15.9 Å². The fraction of sp³-hybridized carbons (Fsp3) is 0.222. The molecule has 1 rings (SSSR count). The number of hydrogen-bond acceptors (Lipinski definition) is 1. The molecule has 2 nitrogen and oxygen atoms in total. The van der Waals surface area contributed by atoms with Crippen LogP contribution in [0.4, 0.5) is 13.2 Å². The first-order chi connectivity index (χ1) is 7.21. The van der Waals surface area contributed by atoms with Crippen molar-refractivity contribution in [1.82, 2.24) is 0 Å². The van der Waals surface area contributed by atoms with Gasteiger partial charge in [0.25, 0.3) is 0 Å². The van der Waals surface area contributed by atoms with Crippen LogP contribution in [0.3, 0.4) is 0 Å². The predicted octanol–water partition coefficient (Wildman–Crippen LogP) is 3.10. The van der Waals surface area contributed by atoms with Crippen LogP contribution in [-0.2, 0) is 17.4 Å². The summed E-state index contributed by atoms with van der Waals surface area (Å²) in [5.74, 6) is -1.28. The quantitative estimate of drug-likeness (QED) is 0.906. The van der Waals surface area contributed by atoms with E-state index in [9.17, 15) is 18.0 Å². The van der Waals surface area contributed by atoms with E-state index in [-0.39, 0.29) is 16.1 Å². The number of halogens is 4. The van der Waals surface area contributed by atoms with Gasteiger partial charge >= 0.3 is 12.1 Å². The van der Waals surface area contributed by atoms with E-state index in [0.717, 1.165) is 6.07 Å². The summed E-state index contributed by atoms with van der Waals surface area (Å²) in [7, 11) is 0. The van der Waals surface area contributed by atoms with Crippen molar-refractivity contribution in [3.05, 3.63) is 33.8 Å². The first-order valence-electron chi connectivity index (χ1n) is 4.30. The van der Waals surface area contributed by atoms with Gasteiger partial charge in [-0.1, -0.05) is 15.9 Å². The molecule has 1 N–H and O–H groups in total. The predicted molar refractivity (Wildman–Crippen MR) is 50.5 cm³/mol. The maximum Gasteiger partial charge on any atom is 0.416 e. The third-order valence-corrected chi connectivity index (χ3v) is 1.99. The maximum atomic E-state index is 12.4. The Bertz CT molecular complexity index is 431. The van der Waals surface area contributed by atoms with E-state index < -0.39 is 24.1 Å². The van der Waals surface area contributed by atoms with Gasteiger partial charge in [0.2, 0.25) is 0 Å². The minimum atomic E-state index is -4.55. The molecule has 0 amide bonds. The number of benzene rings is 1. The molecule has 0 aliphatic rings. The Morgan fingerprint density at radius 3 is 2.60 bits per heavy atom. The lowest BCUT2D eigenvalue weighted by atomic mass is 10.1. The van der Waals surface area contributed by atoms with Crippen LogP contribution in [0.25, 0.3) is 0 Å². The average molecular weight is 284 g/mol. The zero-order chi connectivity index (χ0) is 12.5. The van der Waals surface area contributed by atoms with Crippen LogP contribution >= 0.6 is 15.9 Å². The van der Waals surface area contributed by atoms with Crippen LogP contribution in [-0.4, -0.2) is 11.1 Å². The SMILES string of the molecule is [2H]c1c(Br)cc(C(F)(F)F)cc1CC(=O)O. The normalized spacial score (nSPS) is 12.4. The Labute approximate surface area is 93.3 Å². The highest BCUT2D eigenvalue weighted by atomic mass is 79.9. The van der Waals surface area contributed by atoms with E-state index >= 15 is 0 Å². The van der Waals surface area contributed by atoms with Gasteiger partial charge in [0.15, 0.2) is 0 Å². The highest BCUT2D eigenvalue weighted by Gasteiger charge is 2.31. The van der Waals surface area contributed by atoms with Gasteiger partial charge in [-0.2, -0.15) is 13.2 Å². The third-order valence-electron chi connectivity index (χ3n) is 1.56. The summed E-state index contributed by atoms with van der Waals surface area (Å²) in [5.41, 5.74) is -1.14. The Morgan fingerprint density at radius 2 is 2.13 bits per heavy atom. The minimum absolute atomic E-state index is 0.0708. The Morgan fingerprint density at radius 1 is 1.53 bits per heavy atom. The van der Waals surface area contributed by atoms with Gasteiger partial charge in [0, 0.05) is 4.47 Å². The summed E-state index contributed by atoms with van der Waals surface area (Å²) in [6.07, 6.45) is -5.16. The monoisotopic (exact) mass is 283 g/mol. The summed E-state index contributed by atoms with van der Waals surface area (Å²) in [4.78, 5) is 10.4. The molecule has 1 aromatic rings.